The van der Waals surface area contributed by atoms with E-state index in [1.165, 1.54) is 0 Å². The molecule has 3 N–H and O–H groups in total. The van der Waals surface area contributed by atoms with Gasteiger partial charge in [-0.05, 0) is 13.8 Å². The Kier molecular flexibility index (Phi) is 3.23. The standard InChI is InChI=1S/C11H17N5O/c1-7-9(8(2)15-11(12)14-7)10(17)16-5-3-13-4-6-16/h13H,3-6H2,1-2H3,(H2,12,14,15). The summed E-state index contributed by atoms with van der Waals surface area (Å²) in [6.45, 7) is 6.70. The first-order valence-electron chi connectivity index (χ1n) is 5.70. The number of carbonyl (C=O) groups excluding carboxylic acids is 1. The Balaban J connectivity index is 2.30. The first-order chi connectivity index (χ1) is 8.09. The van der Waals surface area contributed by atoms with Gasteiger partial charge in [-0.3, -0.25) is 4.79 Å². The molecular formula is C11H17N5O. The number of nitrogens with two attached hydrogens (primary N) is 1. The molecule has 0 bridgehead atoms. The van der Waals surface area contributed by atoms with E-state index in [1.54, 1.807) is 13.8 Å². The first kappa shape index (κ1) is 11.8. The third-order valence-electron chi connectivity index (χ3n) is 2.91. The second-order valence-electron chi connectivity index (χ2n) is 4.17. The molecule has 0 radical (unpaired) electrons. The third-order valence-corrected chi connectivity index (χ3v) is 2.91. The van der Waals surface area contributed by atoms with Gasteiger partial charge in [0.05, 0.1) is 17.0 Å². The van der Waals surface area contributed by atoms with Crippen molar-refractivity contribution in [1.82, 2.24) is 20.2 Å². The van der Waals surface area contributed by atoms with Gasteiger partial charge in [0.25, 0.3) is 5.91 Å². The first-order valence-corrected chi connectivity index (χ1v) is 5.70. The average Bonchev–Trinajstić information content (AvgIpc) is 2.28. The number of amides is 1. The average molecular weight is 235 g/mol. The molecule has 92 valence electrons. The van der Waals surface area contributed by atoms with Crippen LogP contribution in [0.1, 0.15) is 21.7 Å². The summed E-state index contributed by atoms with van der Waals surface area (Å²) in [6.07, 6.45) is 0. The zero-order chi connectivity index (χ0) is 12.4. The van der Waals surface area contributed by atoms with Crippen LogP contribution in [-0.2, 0) is 0 Å². The lowest BCUT2D eigenvalue weighted by Gasteiger charge is -2.28. The van der Waals surface area contributed by atoms with Crippen LogP contribution >= 0.6 is 0 Å². The van der Waals surface area contributed by atoms with Gasteiger partial charge in [0.2, 0.25) is 5.95 Å². The zero-order valence-corrected chi connectivity index (χ0v) is 10.2. The minimum atomic E-state index is 0.00139. The van der Waals surface area contributed by atoms with E-state index in [0.29, 0.717) is 17.0 Å². The van der Waals surface area contributed by atoms with Crippen LogP contribution in [-0.4, -0.2) is 47.0 Å². The lowest BCUT2D eigenvalue weighted by molar-refractivity contribution is 0.0733. The molecule has 17 heavy (non-hydrogen) atoms. The number of rotatable bonds is 1. The number of nitrogen functional groups attached to an aromatic ring is 1. The van der Waals surface area contributed by atoms with Crippen LogP contribution in [0.5, 0.6) is 0 Å². The predicted octanol–water partition coefficient (Wildman–Crippen LogP) is -0.279. The quantitative estimate of drug-likeness (QED) is 0.699. The number of nitrogens with one attached hydrogen (secondary N) is 1. The molecule has 1 fully saturated rings. The molecular weight excluding hydrogens is 218 g/mol. The van der Waals surface area contributed by atoms with Gasteiger partial charge in [-0.15, -0.1) is 0 Å². The lowest BCUT2D eigenvalue weighted by atomic mass is 10.1. The molecule has 1 aliphatic heterocycles. The molecule has 0 aromatic carbocycles. The van der Waals surface area contributed by atoms with Gasteiger partial charge >= 0.3 is 0 Å². The number of nitrogens with zero attached hydrogens (tertiary/aromatic N) is 3. The Bertz CT molecular complexity index is 416. The Hall–Kier alpha value is -1.69. The van der Waals surface area contributed by atoms with Crippen LogP contribution in [0.3, 0.4) is 0 Å². The third kappa shape index (κ3) is 2.36. The summed E-state index contributed by atoms with van der Waals surface area (Å²) in [5.41, 5.74) is 7.44. The molecule has 1 amide bonds. The van der Waals surface area contributed by atoms with Crippen LogP contribution in [0.4, 0.5) is 5.95 Å². The lowest BCUT2D eigenvalue weighted by Crippen LogP contribution is -2.46. The maximum atomic E-state index is 12.3. The molecule has 1 aromatic rings. The monoisotopic (exact) mass is 235 g/mol. The smallest absolute Gasteiger partial charge is 0.257 e. The summed E-state index contributed by atoms with van der Waals surface area (Å²) >= 11 is 0. The zero-order valence-electron chi connectivity index (χ0n) is 10.2. The number of aromatic nitrogens is 2. The van der Waals surface area contributed by atoms with Crippen molar-refractivity contribution in [2.24, 2.45) is 0 Å². The molecule has 2 heterocycles. The van der Waals surface area contributed by atoms with Gasteiger partial charge in [0.1, 0.15) is 0 Å². The van der Waals surface area contributed by atoms with Gasteiger partial charge < -0.3 is 16.0 Å². The second-order valence-corrected chi connectivity index (χ2v) is 4.17. The van der Waals surface area contributed by atoms with E-state index in [0.717, 1.165) is 26.2 Å². The van der Waals surface area contributed by atoms with Crippen LogP contribution < -0.4 is 11.1 Å². The molecule has 0 saturated carbocycles. The Morgan fingerprint density at radius 2 is 1.76 bits per heavy atom. The van der Waals surface area contributed by atoms with E-state index < -0.39 is 0 Å². The summed E-state index contributed by atoms with van der Waals surface area (Å²) in [6, 6.07) is 0. The van der Waals surface area contributed by atoms with Crippen molar-refractivity contribution in [2.75, 3.05) is 31.9 Å². The van der Waals surface area contributed by atoms with Crippen molar-refractivity contribution in [1.29, 1.82) is 0 Å². The van der Waals surface area contributed by atoms with Gasteiger partial charge in [-0.2, -0.15) is 0 Å². The van der Waals surface area contributed by atoms with Crippen molar-refractivity contribution in [3.63, 3.8) is 0 Å². The fourth-order valence-electron chi connectivity index (χ4n) is 2.08. The van der Waals surface area contributed by atoms with Gasteiger partial charge in [-0.25, -0.2) is 9.97 Å². The number of hydrogen-bond donors (Lipinski definition) is 2. The van der Waals surface area contributed by atoms with Crippen molar-refractivity contribution in [3.8, 4) is 0 Å². The molecule has 0 spiro atoms. The Morgan fingerprint density at radius 1 is 1.24 bits per heavy atom. The fourth-order valence-corrected chi connectivity index (χ4v) is 2.08. The molecule has 2 rings (SSSR count). The summed E-state index contributed by atoms with van der Waals surface area (Å²) in [7, 11) is 0. The molecule has 1 aromatic heterocycles. The van der Waals surface area contributed by atoms with Crippen LogP contribution in [0.25, 0.3) is 0 Å². The summed E-state index contributed by atoms with van der Waals surface area (Å²) < 4.78 is 0. The minimum Gasteiger partial charge on any atom is -0.368 e. The Labute approximate surface area is 100 Å². The molecule has 0 atom stereocenters. The largest absolute Gasteiger partial charge is 0.368 e. The number of anilines is 1. The van der Waals surface area contributed by atoms with E-state index in [9.17, 15) is 4.79 Å². The second kappa shape index (κ2) is 4.67. The number of aryl methyl sites for hydroxylation is 2. The van der Waals surface area contributed by atoms with E-state index in [4.69, 9.17) is 5.73 Å². The maximum Gasteiger partial charge on any atom is 0.257 e. The number of carbonyl (C=O) groups is 1. The highest BCUT2D eigenvalue weighted by Crippen LogP contribution is 2.14. The maximum absolute atomic E-state index is 12.3. The van der Waals surface area contributed by atoms with Crippen molar-refractivity contribution < 1.29 is 4.79 Å². The summed E-state index contributed by atoms with van der Waals surface area (Å²) in [4.78, 5) is 22.3. The van der Waals surface area contributed by atoms with Crippen molar-refractivity contribution in [3.05, 3.63) is 17.0 Å². The predicted molar refractivity (Wildman–Crippen MR) is 64.7 cm³/mol. The number of piperazine rings is 1. The van der Waals surface area contributed by atoms with Crippen LogP contribution in [0.2, 0.25) is 0 Å². The van der Waals surface area contributed by atoms with Gasteiger partial charge in [-0.1, -0.05) is 0 Å². The highest BCUT2D eigenvalue weighted by Gasteiger charge is 2.22. The van der Waals surface area contributed by atoms with Crippen molar-refractivity contribution >= 4 is 11.9 Å². The van der Waals surface area contributed by atoms with Gasteiger partial charge in [0.15, 0.2) is 0 Å². The SMILES string of the molecule is Cc1nc(N)nc(C)c1C(=O)N1CCNCC1. The highest BCUT2D eigenvalue weighted by molar-refractivity contribution is 5.96. The molecule has 1 saturated heterocycles. The van der Waals surface area contributed by atoms with E-state index >= 15 is 0 Å². The van der Waals surface area contributed by atoms with E-state index in [1.807, 2.05) is 4.90 Å². The van der Waals surface area contributed by atoms with E-state index in [2.05, 4.69) is 15.3 Å². The molecule has 6 nitrogen and oxygen atoms in total. The molecule has 0 unspecified atom stereocenters. The van der Waals surface area contributed by atoms with E-state index in [-0.39, 0.29) is 11.9 Å². The van der Waals surface area contributed by atoms with Crippen LogP contribution in [0.15, 0.2) is 0 Å². The van der Waals surface area contributed by atoms with Crippen molar-refractivity contribution in [2.45, 2.75) is 13.8 Å². The highest BCUT2D eigenvalue weighted by atomic mass is 16.2. The van der Waals surface area contributed by atoms with Gasteiger partial charge in [0, 0.05) is 26.2 Å². The fraction of sp³-hybridized carbons (Fsp3) is 0.545. The topological polar surface area (TPSA) is 84.1 Å². The number of hydrogen-bond acceptors (Lipinski definition) is 5. The molecule has 6 heteroatoms. The molecule has 1 aliphatic rings. The van der Waals surface area contributed by atoms with Crippen LogP contribution in [0, 0.1) is 13.8 Å². The molecule has 0 aliphatic carbocycles. The Morgan fingerprint density at radius 3 is 2.29 bits per heavy atom. The summed E-state index contributed by atoms with van der Waals surface area (Å²) in [5, 5.41) is 3.21. The minimum absolute atomic E-state index is 0.00139. The normalized spacial score (nSPS) is 16.0. The summed E-state index contributed by atoms with van der Waals surface area (Å²) in [5.74, 6) is 0.221.